The smallest absolute Gasteiger partial charge is 0.271 e. The third kappa shape index (κ3) is 4.56. The van der Waals surface area contributed by atoms with E-state index in [-0.39, 0.29) is 16.8 Å². The Morgan fingerprint density at radius 3 is 2.29 bits per heavy atom. The monoisotopic (exact) mass is 237 g/mol. The Labute approximate surface area is 102 Å². The Kier molecular flexibility index (Phi) is 7.21. The molecule has 5 N–H and O–H groups in total. The van der Waals surface area contributed by atoms with E-state index in [0.717, 1.165) is 31.6 Å². The van der Waals surface area contributed by atoms with Crippen molar-refractivity contribution in [3.8, 4) is 0 Å². The van der Waals surface area contributed by atoms with Crippen molar-refractivity contribution in [2.75, 3.05) is 26.2 Å². The summed E-state index contributed by atoms with van der Waals surface area (Å²) in [5.41, 5.74) is 0.973. The molecule has 1 fully saturated rings. The van der Waals surface area contributed by atoms with Crippen LogP contribution in [0.1, 0.15) is 0 Å². The second-order valence-corrected chi connectivity index (χ2v) is 3.63. The van der Waals surface area contributed by atoms with Crippen molar-refractivity contribution in [1.29, 1.82) is 0 Å². The third-order valence-corrected chi connectivity index (χ3v) is 2.52. The van der Waals surface area contributed by atoms with E-state index in [1.165, 1.54) is 0 Å². The molecule has 93 valence electrons. The second kappa shape index (κ2) is 7.84. The lowest BCUT2D eigenvalue weighted by molar-refractivity contribution is 0.213. The van der Waals surface area contributed by atoms with E-state index in [1.807, 2.05) is 35.2 Å². The van der Waals surface area contributed by atoms with Gasteiger partial charge in [-0.1, -0.05) is 35.8 Å². The SMILES string of the molecule is O.O.O=C([B]c1ccccc1)N1CCNCC1. The molecular weight excluding hydrogens is 219 g/mol. The second-order valence-electron chi connectivity index (χ2n) is 3.63. The summed E-state index contributed by atoms with van der Waals surface area (Å²) in [6.07, 6.45) is 0. The van der Waals surface area contributed by atoms with Gasteiger partial charge in [0.2, 0.25) is 0 Å². The molecule has 1 aliphatic heterocycles. The highest BCUT2D eigenvalue weighted by Crippen LogP contribution is 1.94. The molecule has 1 heterocycles. The molecular formula is C11H18BN2O3. The van der Waals surface area contributed by atoms with Crippen molar-refractivity contribution in [3.63, 3.8) is 0 Å². The third-order valence-electron chi connectivity index (χ3n) is 2.52. The number of benzene rings is 1. The fourth-order valence-corrected chi connectivity index (χ4v) is 1.67. The van der Waals surface area contributed by atoms with E-state index in [4.69, 9.17) is 0 Å². The summed E-state index contributed by atoms with van der Waals surface area (Å²) in [7, 11) is 1.70. The van der Waals surface area contributed by atoms with Crippen LogP contribution in [-0.4, -0.2) is 55.1 Å². The molecule has 1 saturated heterocycles. The fourth-order valence-electron chi connectivity index (χ4n) is 1.67. The van der Waals surface area contributed by atoms with Crippen molar-refractivity contribution < 1.29 is 15.7 Å². The number of hydrogen-bond donors (Lipinski definition) is 1. The first-order valence-corrected chi connectivity index (χ1v) is 5.26. The molecule has 1 aromatic carbocycles. The minimum atomic E-state index is 0. The van der Waals surface area contributed by atoms with Gasteiger partial charge in [-0.2, -0.15) is 0 Å². The normalized spacial score (nSPS) is 14.2. The predicted octanol–water partition coefficient (Wildman–Crippen LogP) is -1.61. The van der Waals surface area contributed by atoms with Gasteiger partial charge in [-0.25, -0.2) is 0 Å². The Hall–Kier alpha value is -1.37. The Bertz CT molecular complexity index is 329. The number of carbonyl (C=O) groups is 1. The molecule has 0 bridgehead atoms. The molecule has 17 heavy (non-hydrogen) atoms. The van der Waals surface area contributed by atoms with Gasteiger partial charge >= 0.3 is 0 Å². The fraction of sp³-hybridized carbons (Fsp3) is 0.364. The highest BCUT2D eigenvalue weighted by molar-refractivity contribution is 6.83. The van der Waals surface area contributed by atoms with Crippen LogP contribution in [0.25, 0.3) is 0 Å². The lowest BCUT2D eigenvalue weighted by Gasteiger charge is -2.27. The number of amides is 1. The number of nitrogens with zero attached hydrogens (tertiary/aromatic N) is 1. The van der Waals surface area contributed by atoms with Crippen molar-refractivity contribution >= 4 is 18.5 Å². The number of rotatable bonds is 2. The van der Waals surface area contributed by atoms with Gasteiger partial charge in [-0.3, -0.25) is 4.79 Å². The lowest BCUT2D eigenvalue weighted by atomic mass is 9.69. The van der Waals surface area contributed by atoms with E-state index in [2.05, 4.69) is 5.32 Å². The van der Waals surface area contributed by atoms with Gasteiger partial charge in [0.25, 0.3) is 7.28 Å². The van der Waals surface area contributed by atoms with Crippen LogP contribution in [0.5, 0.6) is 0 Å². The van der Waals surface area contributed by atoms with E-state index in [1.54, 1.807) is 7.28 Å². The highest BCUT2D eigenvalue weighted by atomic mass is 16.2. The van der Waals surface area contributed by atoms with E-state index in [9.17, 15) is 4.79 Å². The van der Waals surface area contributed by atoms with Gasteiger partial charge < -0.3 is 21.2 Å². The minimum Gasteiger partial charge on any atom is -0.412 e. The molecule has 2 rings (SSSR count). The molecule has 0 saturated carbocycles. The molecule has 1 aliphatic rings. The van der Waals surface area contributed by atoms with Gasteiger partial charge in [0.05, 0.1) is 0 Å². The summed E-state index contributed by atoms with van der Waals surface area (Å²) in [5.74, 6) is 0.114. The van der Waals surface area contributed by atoms with Crippen LogP contribution in [0.2, 0.25) is 0 Å². The molecule has 1 amide bonds. The standard InChI is InChI=1S/C11H14BN2O.2H2O/c15-11(14-8-6-13-7-9-14)12-10-4-2-1-3-5-10;;/h1-5,13H,6-9H2;2*1H2. The number of hydrogen-bond acceptors (Lipinski definition) is 2. The van der Waals surface area contributed by atoms with Crippen molar-refractivity contribution in [1.82, 2.24) is 10.2 Å². The van der Waals surface area contributed by atoms with Gasteiger partial charge in [-0.15, -0.1) is 0 Å². The largest absolute Gasteiger partial charge is 0.412 e. The molecule has 1 radical (unpaired) electrons. The minimum absolute atomic E-state index is 0. The van der Waals surface area contributed by atoms with Crippen molar-refractivity contribution in [3.05, 3.63) is 30.3 Å². The quantitative estimate of drug-likeness (QED) is 0.626. The van der Waals surface area contributed by atoms with E-state index < -0.39 is 0 Å². The van der Waals surface area contributed by atoms with Crippen LogP contribution in [0, 0.1) is 0 Å². The summed E-state index contributed by atoms with van der Waals surface area (Å²) < 4.78 is 0. The molecule has 0 unspecified atom stereocenters. The van der Waals surface area contributed by atoms with Gasteiger partial charge in [0, 0.05) is 26.2 Å². The van der Waals surface area contributed by atoms with Crippen molar-refractivity contribution in [2.24, 2.45) is 0 Å². The maximum atomic E-state index is 11.8. The molecule has 5 nitrogen and oxygen atoms in total. The average molecular weight is 237 g/mol. The van der Waals surface area contributed by atoms with Gasteiger partial charge in [0.15, 0.2) is 5.81 Å². The van der Waals surface area contributed by atoms with Gasteiger partial charge in [-0.05, 0) is 0 Å². The van der Waals surface area contributed by atoms with E-state index >= 15 is 0 Å². The molecule has 6 heteroatoms. The maximum Gasteiger partial charge on any atom is 0.271 e. The lowest BCUT2D eigenvalue weighted by Crippen LogP contribution is -2.49. The van der Waals surface area contributed by atoms with Crippen LogP contribution in [-0.2, 0) is 0 Å². The summed E-state index contributed by atoms with van der Waals surface area (Å²) in [4.78, 5) is 13.7. The summed E-state index contributed by atoms with van der Waals surface area (Å²) in [6, 6.07) is 9.72. The zero-order valence-corrected chi connectivity index (χ0v) is 9.65. The molecule has 0 aliphatic carbocycles. The highest BCUT2D eigenvalue weighted by Gasteiger charge is 2.16. The average Bonchev–Trinajstić information content (AvgIpc) is 2.31. The van der Waals surface area contributed by atoms with Crippen LogP contribution < -0.4 is 10.8 Å². The Morgan fingerprint density at radius 1 is 1.12 bits per heavy atom. The van der Waals surface area contributed by atoms with Crippen LogP contribution >= 0.6 is 0 Å². The van der Waals surface area contributed by atoms with E-state index in [0.29, 0.717) is 0 Å². The first-order chi connectivity index (χ1) is 7.36. The number of piperazine rings is 1. The molecule has 0 aromatic heterocycles. The Balaban J connectivity index is 0.00000128. The zero-order valence-electron chi connectivity index (χ0n) is 9.65. The maximum absolute atomic E-state index is 11.8. The topological polar surface area (TPSA) is 95.3 Å². The van der Waals surface area contributed by atoms with Gasteiger partial charge in [0.1, 0.15) is 0 Å². The summed E-state index contributed by atoms with van der Waals surface area (Å²) in [6.45, 7) is 3.41. The number of carbonyl (C=O) groups excluding carboxylic acids is 1. The van der Waals surface area contributed by atoms with Crippen LogP contribution in [0.3, 0.4) is 0 Å². The zero-order chi connectivity index (χ0) is 10.5. The number of nitrogens with one attached hydrogen (secondary N) is 1. The Morgan fingerprint density at radius 2 is 1.71 bits per heavy atom. The summed E-state index contributed by atoms with van der Waals surface area (Å²) >= 11 is 0. The van der Waals surface area contributed by atoms with Crippen LogP contribution in [0.15, 0.2) is 30.3 Å². The predicted molar refractivity (Wildman–Crippen MR) is 68.9 cm³/mol. The van der Waals surface area contributed by atoms with Crippen molar-refractivity contribution in [2.45, 2.75) is 0 Å². The molecule has 0 spiro atoms. The first kappa shape index (κ1) is 15.6. The first-order valence-electron chi connectivity index (χ1n) is 5.26. The van der Waals surface area contributed by atoms with Crippen LogP contribution in [0.4, 0.5) is 4.79 Å². The molecule has 0 atom stereocenters. The molecule has 1 aromatic rings. The summed E-state index contributed by atoms with van der Waals surface area (Å²) in [5, 5.41) is 3.23.